The molecule has 21 heavy (non-hydrogen) atoms. The number of rotatable bonds is 5. The Balaban J connectivity index is 1.94. The van der Waals surface area contributed by atoms with Crippen LogP contribution in [0.5, 0.6) is 0 Å². The molecular formula is C15H23N3O2S. The summed E-state index contributed by atoms with van der Waals surface area (Å²) < 4.78 is 0. The number of carbonyl (C=O) groups is 2. The molecule has 1 saturated heterocycles. The molecule has 0 spiro atoms. The monoisotopic (exact) mass is 309 g/mol. The number of carbonyl (C=O) groups excluding carboxylic acids is 2. The van der Waals surface area contributed by atoms with Crippen LogP contribution in [0.3, 0.4) is 0 Å². The molecule has 1 atom stereocenters. The van der Waals surface area contributed by atoms with Crippen LogP contribution < -0.4 is 5.32 Å². The third-order valence-electron chi connectivity index (χ3n) is 3.90. The number of likely N-dealkylation sites (N-methyl/N-ethyl adjacent to an activating group) is 1. The first-order chi connectivity index (χ1) is 10.2. The van der Waals surface area contributed by atoms with E-state index >= 15 is 0 Å². The van der Waals surface area contributed by atoms with Crippen molar-refractivity contribution in [3.8, 4) is 0 Å². The van der Waals surface area contributed by atoms with Crippen molar-refractivity contribution in [2.24, 2.45) is 0 Å². The maximum Gasteiger partial charge on any atom is 0.318 e. The topological polar surface area (TPSA) is 52.7 Å². The van der Waals surface area contributed by atoms with Crippen LogP contribution in [0.4, 0.5) is 4.79 Å². The van der Waals surface area contributed by atoms with Crippen LogP contribution in [-0.4, -0.2) is 47.4 Å². The Morgan fingerprint density at radius 1 is 1.43 bits per heavy atom. The molecule has 0 aromatic carbocycles. The molecular weight excluding hydrogens is 286 g/mol. The molecule has 5 nitrogen and oxygen atoms in total. The molecule has 3 amide bonds. The van der Waals surface area contributed by atoms with Gasteiger partial charge in [-0.1, -0.05) is 0 Å². The van der Waals surface area contributed by atoms with Gasteiger partial charge in [-0.3, -0.25) is 4.79 Å². The SMILES string of the molecule is CCN(CC)C(=O)[C@H]1CCCN1C(=O)NCc1ccsc1. The number of nitrogens with one attached hydrogen (secondary N) is 1. The lowest BCUT2D eigenvalue weighted by Gasteiger charge is -2.29. The Morgan fingerprint density at radius 2 is 2.19 bits per heavy atom. The van der Waals surface area contributed by atoms with E-state index in [0.29, 0.717) is 26.2 Å². The molecule has 6 heteroatoms. The summed E-state index contributed by atoms with van der Waals surface area (Å²) in [4.78, 5) is 28.3. The number of likely N-dealkylation sites (tertiary alicyclic amines) is 1. The molecule has 116 valence electrons. The van der Waals surface area contributed by atoms with Crippen molar-refractivity contribution in [3.63, 3.8) is 0 Å². The highest BCUT2D eigenvalue weighted by molar-refractivity contribution is 7.07. The van der Waals surface area contributed by atoms with Gasteiger partial charge in [0.25, 0.3) is 0 Å². The molecule has 2 heterocycles. The van der Waals surface area contributed by atoms with Crippen molar-refractivity contribution in [2.75, 3.05) is 19.6 Å². The molecule has 0 aliphatic carbocycles. The first-order valence-corrected chi connectivity index (χ1v) is 8.46. The minimum absolute atomic E-state index is 0.0724. The Morgan fingerprint density at radius 3 is 2.81 bits per heavy atom. The standard InChI is InChI=1S/C15H23N3O2S/c1-3-17(4-2)14(19)13-6-5-8-18(13)15(20)16-10-12-7-9-21-11-12/h7,9,11,13H,3-6,8,10H2,1-2H3,(H,16,20)/t13-/m1/s1. The smallest absolute Gasteiger partial charge is 0.318 e. The van der Waals surface area contributed by atoms with Crippen molar-refractivity contribution in [1.82, 2.24) is 15.1 Å². The Hall–Kier alpha value is -1.56. The fourth-order valence-electron chi connectivity index (χ4n) is 2.69. The summed E-state index contributed by atoms with van der Waals surface area (Å²) in [5.41, 5.74) is 1.10. The number of amides is 3. The van der Waals surface area contributed by atoms with Gasteiger partial charge in [0.2, 0.25) is 5.91 Å². The third-order valence-corrected chi connectivity index (χ3v) is 4.63. The summed E-state index contributed by atoms with van der Waals surface area (Å²) in [7, 11) is 0. The zero-order valence-electron chi connectivity index (χ0n) is 12.7. The van der Waals surface area contributed by atoms with Gasteiger partial charge in [0, 0.05) is 26.2 Å². The number of nitrogens with zero attached hydrogens (tertiary/aromatic N) is 2. The number of hydrogen-bond donors (Lipinski definition) is 1. The predicted octanol–water partition coefficient (Wildman–Crippen LogP) is 2.29. The Labute approximate surface area is 129 Å². The summed E-state index contributed by atoms with van der Waals surface area (Å²) >= 11 is 1.61. The summed E-state index contributed by atoms with van der Waals surface area (Å²) in [5, 5.41) is 6.92. The van der Waals surface area contributed by atoms with Crippen molar-refractivity contribution < 1.29 is 9.59 Å². The van der Waals surface area contributed by atoms with Gasteiger partial charge in [0.15, 0.2) is 0 Å². The van der Waals surface area contributed by atoms with Gasteiger partial charge in [-0.05, 0) is 49.1 Å². The van der Waals surface area contributed by atoms with Gasteiger partial charge in [0.1, 0.15) is 6.04 Å². The minimum Gasteiger partial charge on any atom is -0.341 e. The van der Waals surface area contributed by atoms with Crippen molar-refractivity contribution in [2.45, 2.75) is 39.3 Å². The van der Waals surface area contributed by atoms with Gasteiger partial charge in [-0.15, -0.1) is 0 Å². The highest BCUT2D eigenvalue weighted by Gasteiger charge is 2.35. The molecule has 1 aliphatic rings. The van der Waals surface area contributed by atoms with Crippen LogP contribution in [0.1, 0.15) is 32.3 Å². The van der Waals surface area contributed by atoms with Crippen molar-refractivity contribution in [1.29, 1.82) is 0 Å². The fourth-order valence-corrected chi connectivity index (χ4v) is 3.35. The summed E-state index contributed by atoms with van der Waals surface area (Å²) in [6, 6.07) is 1.56. The first kappa shape index (κ1) is 15.8. The molecule has 0 saturated carbocycles. The number of hydrogen-bond acceptors (Lipinski definition) is 3. The number of thiophene rings is 1. The lowest BCUT2D eigenvalue weighted by atomic mass is 10.2. The van der Waals surface area contributed by atoms with E-state index < -0.39 is 0 Å². The van der Waals surface area contributed by atoms with E-state index in [0.717, 1.165) is 18.4 Å². The lowest BCUT2D eigenvalue weighted by molar-refractivity contribution is -0.134. The highest BCUT2D eigenvalue weighted by Crippen LogP contribution is 2.19. The van der Waals surface area contributed by atoms with E-state index in [1.807, 2.05) is 30.7 Å². The van der Waals surface area contributed by atoms with E-state index in [-0.39, 0.29) is 18.0 Å². The summed E-state index contributed by atoms with van der Waals surface area (Å²) in [6.07, 6.45) is 1.66. The average molecular weight is 309 g/mol. The third kappa shape index (κ3) is 3.75. The molecule has 1 N–H and O–H groups in total. The molecule has 0 unspecified atom stereocenters. The average Bonchev–Trinajstić information content (AvgIpc) is 3.17. The Bertz CT molecular complexity index is 471. The molecule has 2 rings (SSSR count). The Kier molecular flexibility index (Phi) is 5.61. The van der Waals surface area contributed by atoms with Gasteiger partial charge in [0.05, 0.1) is 0 Å². The molecule has 0 radical (unpaired) electrons. The first-order valence-electron chi connectivity index (χ1n) is 7.51. The normalized spacial score (nSPS) is 17.8. The van der Waals surface area contributed by atoms with E-state index in [9.17, 15) is 9.59 Å². The van der Waals surface area contributed by atoms with E-state index in [1.165, 1.54) is 0 Å². The second-order valence-electron chi connectivity index (χ2n) is 5.15. The van der Waals surface area contributed by atoms with Gasteiger partial charge < -0.3 is 15.1 Å². The second kappa shape index (κ2) is 7.45. The molecule has 1 aromatic rings. The van der Waals surface area contributed by atoms with Crippen LogP contribution in [0, 0.1) is 0 Å². The summed E-state index contributed by atoms with van der Waals surface area (Å²) in [6.45, 7) is 6.50. The number of urea groups is 1. The van der Waals surface area contributed by atoms with Gasteiger partial charge in [-0.2, -0.15) is 11.3 Å². The van der Waals surface area contributed by atoms with Crippen molar-refractivity contribution >= 4 is 23.3 Å². The van der Waals surface area contributed by atoms with Crippen molar-refractivity contribution in [3.05, 3.63) is 22.4 Å². The fraction of sp³-hybridized carbons (Fsp3) is 0.600. The van der Waals surface area contributed by atoms with Crippen LogP contribution >= 0.6 is 11.3 Å². The quantitative estimate of drug-likeness (QED) is 0.907. The van der Waals surface area contributed by atoms with Gasteiger partial charge >= 0.3 is 6.03 Å². The molecule has 0 bridgehead atoms. The minimum atomic E-state index is -0.299. The zero-order valence-corrected chi connectivity index (χ0v) is 13.5. The van der Waals surface area contributed by atoms with Gasteiger partial charge in [-0.25, -0.2) is 4.79 Å². The van der Waals surface area contributed by atoms with E-state index in [4.69, 9.17) is 0 Å². The molecule has 1 aliphatic heterocycles. The molecule has 1 fully saturated rings. The maximum atomic E-state index is 12.5. The largest absolute Gasteiger partial charge is 0.341 e. The van der Waals surface area contributed by atoms with Crippen LogP contribution in [0.2, 0.25) is 0 Å². The second-order valence-corrected chi connectivity index (χ2v) is 5.93. The highest BCUT2D eigenvalue weighted by atomic mass is 32.1. The zero-order chi connectivity index (χ0) is 15.2. The van der Waals surface area contributed by atoms with E-state index in [2.05, 4.69) is 5.32 Å². The van der Waals surface area contributed by atoms with Crippen LogP contribution in [0.15, 0.2) is 16.8 Å². The summed E-state index contributed by atoms with van der Waals surface area (Å²) in [5.74, 6) is 0.0724. The molecule has 1 aromatic heterocycles. The van der Waals surface area contributed by atoms with Crippen LogP contribution in [0.25, 0.3) is 0 Å². The lowest BCUT2D eigenvalue weighted by Crippen LogP contribution is -2.50. The maximum absolute atomic E-state index is 12.5. The van der Waals surface area contributed by atoms with E-state index in [1.54, 1.807) is 21.1 Å². The van der Waals surface area contributed by atoms with Crippen LogP contribution in [-0.2, 0) is 11.3 Å². The predicted molar refractivity (Wildman–Crippen MR) is 84.2 cm³/mol.